The highest BCUT2D eigenvalue weighted by Crippen LogP contribution is 2.25. The van der Waals surface area contributed by atoms with Gasteiger partial charge in [-0.25, -0.2) is 8.42 Å². The molecule has 23 heavy (non-hydrogen) atoms. The second-order valence-electron chi connectivity index (χ2n) is 4.49. The molecule has 0 aliphatic heterocycles. The van der Waals surface area contributed by atoms with Crippen molar-refractivity contribution in [2.75, 3.05) is 12.5 Å². The van der Waals surface area contributed by atoms with E-state index in [0.717, 1.165) is 10.9 Å². The highest BCUT2D eigenvalue weighted by molar-refractivity contribution is 7.95. The maximum atomic E-state index is 10.7. The summed E-state index contributed by atoms with van der Waals surface area (Å²) in [5.41, 5.74) is -4.88. The molecule has 0 atom stereocenters. The predicted molar refractivity (Wildman–Crippen MR) is 81.9 cm³/mol. The Bertz CT molecular complexity index is 840. The van der Waals surface area contributed by atoms with Gasteiger partial charge in [0.1, 0.15) is 12.5 Å². The first kappa shape index (κ1) is 19.3. The Morgan fingerprint density at radius 3 is 1.96 bits per heavy atom. The van der Waals surface area contributed by atoms with Crippen LogP contribution in [0.2, 0.25) is 0 Å². The Hall–Kier alpha value is -1.76. The van der Waals surface area contributed by atoms with Gasteiger partial charge in [-0.1, -0.05) is 18.2 Å². The minimum Gasteiger partial charge on any atom is -0.741 e. The summed E-state index contributed by atoms with van der Waals surface area (Å²) in [6, 6.07) is 14.4. The van der Waals surface area contributed by atoms with Crippen molar-refractivity contribution in [3.63, 3.8) is 0 Å². The van der Waals surface area contributed by atoms with Crippen LogP contribution in [0.3, 0.4) is 0 Å². The highest BCUT2D eigenvalue weighted by atomic mass is 32.2. The fourth-order valence-electron chi connectivity index (χ4n) is 1.72. The molecule has 0 aliphatic carbocycles. The Morgan fingerprint density at radius 1 is 1.09 bits per heavy atom. The van der Waals surface area contributed by atoms with Gasteiger partial charge in [-0.3, -0.25) is 0 Å². The van der Waals surface area contributed by atoms with Crippen molar-refractivity contribution in [2.24, 2.45) is 0 Å². The van der Waals surface area contributed by atoms with E-state index in [2.05, 4.69) is 30.7 Å². The Balaban J connectivity index is 0.000000284. The molecule has 0 aromatic heterocycles. The first-order chi connectivity index (χ1) is 10.5. The van der Waals surface area contributed by atoms with E-state index in [-0.39, 0.29) is 10.9 Å². The van der Waals surface area contributed by atoms with Gasteiger partial charge in [0.25, 0.3) is 0 Å². The monoisotopic (exact) mass is 363 g/mol. The predicted octanol–water partition coefficient (Wildman–Crippen LogP) is 3.00. The topological polar surface area (TPSA) is 81.0 Å². The van der Waals surface area contributed by atoms with Crippen molar-refractivity contribution in [2.45, 2.75) is 10.4 Å². The quantitative estimate of drug-likeness (QED) is 0.443. The number of fused-ring (bicyclic) bond motifs is 1. The molecule has 0 amide bonds. The molecule has 2 rings (SSSR count). The largest absolute Gasteiger partial charge is 0.741 e. The Morgan fingerprint density at radius 2 is 1.57 bits per heavy atom. The molecule has 9 heteroatoms. The summed E-state index contributed by atoms with van der Waals surface area (Å²) >= 11 is 0. The molecule has 4 nitrogen and oxygen atoms in total. The van der Waals surface area contributed by atoms with Crippen molar-refractivity contribution < 1.29 is 26.1 Å². The van der Waals surface area contributed by atoms with Crippen molar-refractivity contribution in [3.05, 3.63) is 42.0 Å². The van der Waals surface area contributed by atoms with Gasteiger partial charge in [-0.15, -0.1) is 0 Å². The molecule has 0 radical (unpaired) electrons. The normalized spacial score (nSPS) is 11.7. The molecule has 0 unspecified atom stereocenters. The SMILES string of the molecule is C[S+](C)c1ccc(C#N)c2ccccc12.O=S(=O)([O-])C(F)(F)F. The zero-order valence-electron chi connectivity index (χ0n) is 12.1. The van der Waals surface area contributed by atoms with Crippen molar-refractivity contribution in [1.29, 1.82) is 5.26 Å². The Labute approximate surface area is 134 Å². The van der Waals surface area contributed by atoms with Crippen LogP contribution < -0.4 is 0 Å². The van der Waals surface area contributed by atoms with Crippen LogP contribution >= 0.6 is 0 Å². The van der Waals surface area contributed by atoms with Gasteiger partial charge in [0.15, 0.2) is 15.0 Å². The molecule has 2 aromatic carbocycles. The number of hydrogen-bond donors (Lipinski definition) is 0. The molecule has 0 aliphatic rings. The number of halogens is 3. The molecule has 124 valence electrons. The number of benzene rings is 2. The van der Waals surface area contributed by atoms with E-state index in [1.807, 2.05) is 24.3 Å². The van der Waals surface area contributed by atoms with Gasteiger partial charge in [0, 0.05) is 21.7 Å². The van der Waals surface area contributed by atoms with Crippen LogP contribution in [0.5, 0.6) is 0 Å². The van der Waals surface area contributed by atoms with Crippen molar-refractivity contribution >= 4 is 31.8 Å². The lowest BCUT2D eigenvalue weighted by Gasteiger charge is -2.08. The van der Waals surface area contributed by atoms with E-state index >= 15 is 0 Å². The van der Waals surface area contributed by atoms with E-state index in [0.29, 0.717) is 0 Å². The lowest BCUT2D eigenvalue weighted by molar-refractivity contribution is -0.0517. The standard InChI is InChI=1S/C13H12NS.CHF3O3S/c1-15(2)13-8-7-10(9-14)11-5-3-4-6-12(11)13;2-1(3,4)8(5,6)7/h3-8H,1-2H3;(H,5,6,7)/q+1;/p-1. The van der Waals surface area contributed by atoms with E-state index in [1.165, 1.54) is 10.3 Å². The second-order valence-corrected chi connectivity index (χ2v) is 7.93. The lowest BCUT2D eigenvalue weighted by Crippen LogP contribution is -2.21. The number of alkyl halides is 3. The second kappa shape index (κ2) is 7.21. The maximum Gasteiger partial charge on any atom is 0.485 e. The van der Waals surface area contributed by atoms with Crippen molar-refractivity contribution in [1.82, 2.24) is 0 Å². The fourth-order valence-corrected chi connectivity index (χ4v) is 2.68. The van der Waals surface area contributed by atoms with Gasteiger partial charge < -0.3 is 4.55 Å². The summed E-state index contributed by atoms with van der Waals surface area (Å²) < 4.78 is 58.9. The lowest BCUT2D eigenvalue weighted by atomic mass is 10.1. The van der Waals surface area contributed by atoms with Crippen LogP contribution in [0.1, 0.15) is 5.56 Å². The molecule has 0 fully saturated rings. The van der Waals surface area contributed by atoms with Gasteiger partial charge in [-0.05, 0) is 18.2 Å². The Kier molecular flexibility index (Phi) is 6.04. The summed E-state index contributed by atoms with van der Waals surface area (Å²) in [5, 5.41) is 11.3. The average molecular weight is 363 g/mol. The highest BCUT2D eigenvalue weighted by Gasteiger charge is 2.36. The number of nitriles is 1. The van der Waals surface area contributed by atoms with Crippen LogP contribution in [0.25, 0.3) is 10.8 Å². The minimum absolute atomic E-state index is 0.227. The summed E-state index contributed by atoms with van der Waals surface area (Å²) in [4.78, 5) is 1.34. The van der Waals surface area contributed by atoms with Crippen LogP contribution in [0.15, 0.2) is 41.3 Å². The van der Waals surface area contributed by atoms with E-state index in [4.69, 9.17) is 18.2 Å². The molecule has 0 spiro atoms. The summed E-state index contributed by atoms with van der Waals surface area (Å²) in [7, 11) is -5.86. The molecular formula is C14H12F3NO3S2. The molecule has 0 N–H and O–H groups in total. The third-order valence-electron chi connectivity index (χ3n) is 2.73. The smallest absolute Gasteiger partial charge is 0.485 e. The first-order valence-electron chi connectivity index (χ1n) is 6.00. The van der Waals surface area contributed by atoms with Crippen LogP contribution in [-0.2, 0) is 21.0 Å². The summed E-state index contributed by atoms with van der Waals surface area (Å²) in [6.45, 7) is 0. The van der Waals surface area contributed by atoms with Crippen LogP contribution in [0.4, 0.5) is 13.2 Å². The zero-order chi connectivity index (χ0) is 17.8. The third-order valence-corrected chi connectivity index (χ3v) is 4.53. The molecule has 0 heterocycles. The van der Waals surface area contributed by atoms with Crippen LogP contribution in [0, 0.1) is 11.3 Å². The zero-order valence-corrected chi connectivity index (χ0v) is 13.7. The fraction of sp³-hybridized carbons (Fsp3) is 0.214. The minimum atomic E-state index is -6.09. The third kappa shape index (κ3) is 4.86. The van der Waals surface area contributed by atoms with Crippen LogP contribution in [-0.4, -0.2) is 31.0 Å². The summed E-state index contributed by atoms with van der Waals surface area (Å²) in [5.74, 6) is 0. The number of rotatable bonds is 1. The van der Waals surface area contributed by atoms with E-state index < -0.39 is 15.6 Å². The van der Waals surface area contributed by atoms with Gasteiger partial charge in [0.05, 0.1) is 11.6 Å². The van der Waals surface area contributed by atoms with Gasteiger partial charge in [0.2, 0.25) is 0 Å². The molecular weight excluding hydrogens is 351 g/mol. The van der Waals surface area contributed by atoms with E-state index in [9.17, 15) is 13.2 Å². The molecule has 2 aromatic rings. The van der Waals surface area contributed by atoms with E-state index in [1.54, 1.807) is 0 Å². The molecule has 0 saturated heterocycles. The van der Waals surface area contributed by atoms with Crippen molar-refractivity contribution in [3.8, 4) is 6.07 Å². The first-order valence-corrected chi connectivity index (χ1v) is 9.45. The average Bonchev–Trinajstić information content (AvgIpc) is 2.44. The molecule has 0 bridgehead atoms. The number of hydrogen-bond acceptors (Lipinski definition) is 4. The van der Waals surface area contributed by atoms with Gasteiger partial charge >= 0.3 is 5.51 Å². The maximum absolute atomic E-state index is 10.7. The molecule has 0 saturated carbocycles. The number of nitrogens with zero attached hydrogens (tertiary/aromatic N) is 1. The van der Waals surface area contributed by atoms with Gasteiger partial charge in [-0.2, -0.15) is 18.4 Å². The summed E-state index contributed by atoms with van der Waals surface area (Å²) in [6.07, 6.45) is 4.40.